The van der Waals surface area contributed by atoms with E-state index in [0.29, 0.717) is 0 Å². The number of aromatic amines is 1. The first-order valence-corrected chi connectivity index (χ1v) is 30.1. The molecule has 4 heterocycles. The minimum atomic E-state index is -2.31. The summed E-state index contributed by atoms with van der Waals surface area (Å²) < 4.78 is 23.2. The highest BCUT2D eigenvalue weighted by molar-refractivity contribution is 5.99. The van der Waals surface area contributed by atoms with Gasteiger partial charge >= 0.3 is 11.9 Å². The summed E-state index contributed by atoms with van der Waals surface area (Å²) in [6.07, 6.45) is -23.9. The average Bonchev–Trinajstić information content (AvgIpc) is 1.00. The number of nitrogens with zero attached hydrogens (tertiary/aromatic N) is 2. The van der Waals surface area contributed by atoms with E-state index < -0.39 is 263 Å². The molecule has 0 saturated carbocycles. The van der Waals surface area contributed by atoms with Gasteiger partial charge in [-0.25, -0.2) is 4.98 Å². The molecule has 25 N–H and O–H groups in total. The molecule has 0 radical (unpaired) electrons. The Morgan fingerprint density at radius 2 is 1.17 bits per heavy atom. The molecule has 3 saturated heterocycles. The van der Waals surface area contributed by atoms with E-state index in [1.54, 1.807) is 0 Å². The van der Waals surface area contributed by atoms with Crippen LogP contribution in [0.25, 0.3) is 0 Å². The van der Waals surface area contributed by atoms with Crippen molar-refractivity contribution in [3.63, 3.8) is 0 Å². The van der Waals surface area contributed by atoms with Crippen LogP contribution in [-0.2, 0) is 82.9 Å². The van der Waals surface area contributed by atoms with E-state index in [2.05, 4.69) is 57.8 Å². The molecule has 3 fully saturated rings. The molecule has 96 heavy (non-hydrogen) atoms. The number of ether oxygens (including phenoxy) is 4. The second kappa shape index (κ2) is 37.6. The van der Waals surface area contributed by atoms with Crippen molar-refractivity contribution in [1.82, 2.24) is 62.7 Å². The number of imidazole rings is 1. The van der Waals surface area contributed by atoms with Gasteiger partial charge < -0.3 is 149 Å². The summed E-state index contributed by atoms with van der Waals surface area (Å²) in [7, 11) is 0. The quantitative estimate of drug-likeness (QED) is 0.0297. The number of aliphatic hydroxyl groups excluding tert-OH is 11. The third-order valence-corrected chi connectivity index (χ3v) is 15.5. The van der Waals surface area contributed by atoms with Crippen LogP contribution in [-0.4, -0.2) is 332 Å². The predicted octanol–water partition coefficient (Wildman–Crippen LogP) is -14.0. The van der Waals surface area contributed by atoms with Crippen molar-refractivity contribution in [2.75, 3.05) is 39.5 Å². The van der Waals surface area contributed by atoms with Crippen molar-refractivity contribution in [2.24, 2.45) is 5.73 Å². The van der Waals surface area contributed by atoms with E-state index in [1.807, 2.05) is 0 Å². The van der Waals surface area contributed by atoms with Gasteiger partial charge in [0.05, 0.1) is 57.2 Å². The zero-order valence-electron chi connectivity index (χ0n) is 52.5. The van der Waals surface area contributed by atoms with Crippen molar-refractivity contribution in [2.45, 2.75) is 207 Å². The Morgan fingerprint density at radius 3 is 1.71 bits per heavy atom. The molecule has 42 heteroatoms. The normalized spacial score (nSPS) is 26.3. The van der Waals surface area contributed by atoms with E-state index in [-0.39, 0.29) is 25.1 Å². The smallest absolute Gasteiger partial charge is 0.322 e. The van der Waals surface area contributed by atoms with E-state index in [1.165, 1.54) is 6.20 Å². The van der Waals surface area contributed by atoms with Gasteiger partial charge in [-0.2, -0.15) is 0 Å². The van der Waals surface area contributed by atoms with Gasteiger partial charge in [0.1, 0.15) is 110 Å². The molecule has 23 atom stereocenters. The lowest BCUT2D eigenvalue weighted by molar-refractivity contribution is -0.347. The van der Waals surface area contributed by atoms with Crippen LogP contribution < -0.4 is 53.6 Å². The maximum Gasteiger partial charge on any atom is 0.322 e. The first-order chi connectivity index (χ1) is 45.1. The monoisotopic (exact) mass is 1380 g/mol. The van der Waals surface area contributed by atoms with Crippen LogP contribution in [0.2, 0.25) is 0 Å². The number of carboxylic acids is 2. The number of aromatic nitrogens is 2. The topological polar surface area (TPSA) is 671 Å². The van der Waals surface area contributed by atoms with Gasteiger partial charge in [0.25, 0.3) is 0 Å². The summed E-state index contributed by atoms with van der Waals surface area (Å²) >= 11 is 0. The molecule has 3 aliphatic heterocycles. The fourth-order valence-corrected chi connectivity index (χ4v) is 10.1. The number of likely N-dealkylation sites (tertiary alicyclic amines) is 1. The van der Waals surface area contributed by atoms with Gasteiger partial charge in [-0.05, 0) is 47.0 Å². The highest BCUT2D eigenvalue weighted by atomic mass is 16.7. The van der Waals surface area contributed by atoms with E-state index >= 15 is 0 Å². The maximum atomic E-state index is 14.8. The number of carbonyl (C=O) groups excluding carboxylic acids is 10. The number of nitrogens with one attached hydrogen (secondary N) is 10. The Hall–Kier alpha value is -7.79. The van der Waals surface area contributed by atoms with Crippen LogP contribution in [0.1, 0.15) is 66.0 Å². The number of H-pyrrole nitrogens is 1. The fraction of sp³-hybridized carbons (Fsp3) is 0.722. The lowest BCUT2D eigenvalue weighted by atomic mass is 9.95. The van der Waals surface area contributed by atoms with E-state index in [9.17, 15) is 119 Å². The van der Waals surface area contributed by atoms with Gasteiger partial charge in [-0.3, -0.25) is 57.5 Å². The largest absolute Gasteiger partial charge is 0.481 e. The molecule has 1 aromatic rings. The van der Waals surface area contributed by atoms with Crippen LogP contribution in [0.4, 0.5) is 0 Å². The molecule has 3 aliphatic rings. The average molecular weight is 1380 g/mol. The van der Waals surface area contributed by atoms with Gasteiger partial charge in [-0.15, -0.1) is 0 Å². The number of carboxylic acid groups (broad SMARTS) is 2. The first-order valence-electron chi connectivity index (χ1n) is 30.1. The van der Waals surface area contributed by atoms with Crippen LogP contribution in [0, 0.1) is 0 Å². The van der Waals surface area contributed by atoms with Crippen LogP contribution in [0.15, 0.2) is 12.5 Å². The number of rotatable bonds is 36. The molecule has 4 rings (SSSR count). The molecule has 1 aromatic heterocycles. The Morgan fingerprint density at radius 1 is 0.646 bits per heavy atom. The van der Waals surface area contributed by atoms with Crippen molar-refractivity contribution in [3.05, 3.63) is 18.2 Å². The van der Waals surface area contributed by atoms with E-state index in [0.717, 1.165) is 45.8 Å². The Labute approximate surface area is 545 Å². The van der Waals surface area contributed by atoms with Crippen molar-refractivity contribution >= 4 is 71.0 Å². The summed E-state index contributed by atoms with van der Waals surface area (Å²) in [6.45, 7) is -0.321. The van der Waals surface area contributed by atoms with E-state index in [4.69, 9.17) is 29.8 Å². The summed E-state index contributed by atoms with van der Waals surface area (Å²) in [5, 5.41) is 154. The molecule has 0 bridgehead atoms. The molecular formula is C54H87N13O29. The third-order valence-electron chi connectivity index (χ3n) is 15.5. The highest BCUT2D eigenvalue weighted by Crippen LogP contribution is 2.31. The summed E-state index contributed by atoms with van der Waals surface area (Å²) in [4.78, 5) is 168. The molecule has 0 aromatic carbocycles. The van der Waals surface area contributed by atoms with Gasteiger partial charge in [0.2, 0.25) is 59.1 Å². The predicted molar refractivity (Wildman–Crippen MR) is 314 cm³/mol. The minimum Gasteiger partial charge on any atom is -0.481 e. The maximum absolute atomic E-state index is 14.8. The third kappa shape index (κ3) is 22.4. The van der Waals surface area contributed by atoms with Gasteiger partial charge in [0, 0.05) is 38.2 Å². The molecule has 542 valence electrons. The molecule has 0 unspecified atom stereocenters. The first kappa shape index (κ1) is 80.6. The standard InChI is InChI=1S/C54H87N13O29/c1-19(72)34(55)49(89)60-25(8-9-32(76)77)44(84)64-35(20(2)73)50(90)66-37(22(4)93-53-38(59-23(5)75)43(40(81)31(17-71)94-53)96-54-42(83)41(82)39(80)30(16-70)95-54)51(91)63-27(14-68)46(86)61-26(11-24-12-56-18-58-24)45(85)62-28(15-69)47(87)65-36(21(3)74)52(92)67-10-6-7-29(67)48(88)57-13-33(78)79/h12,18-22,25-31,34-43,53-54,68-74,80-83H,6-11,13-17,55H2,1-5H3,(H,56,58)(H,57,88)(H,59,75)(H,60,89)(H,61,86)(H,62,85)(H,63,91)(H,64,84)(H,65,87)(H,66,90)(H,76,77)(H,78,79)/t19-,20-,21-,22-,25+,26+,27+,28+,29+,30-,31-,34+,35+,36+,37-,38-,39+,40+,41+,42-,43-,53+,54+/m1/s1. The summed E-state index contributed by atoms with van der Waals surface area (Å²) in [6, 6.07) is -18.9. The number of hydrogen-bond donors (Lipinski definition) is 24. The van der Waals surface area contributed by atoms with Crippen LogP contribution in [0.5, 0.6) is 0 Å². The summed E-state index contributed by atoms with van der Waals surface area (Å²) in [5.41, 5.74) is 5.82. The Balaban J connectivity index is 1.72. The molecule has 42 nitrogen and oxygen atoms in total. The Bertz CT molecular complexity index is 2820. The Kier molecular flexibility index (Phi) is 31.6. The number of hydrogen-bond acceptors (Lipinski definition) is 29. The van der Waals surface area contributed by atoms with Crippen molar-refractivity contribution in [1.29, 1.82) is 0 Å². The minimum absolute atomic E-state index is 0.0618. The second-order valence-electron chi connectivity index (χ2n) is 22.9. The van der Waals surface area contributed by atoms with Crippen molar-refractivity contribution in [3.8, 4) is 0 Å². The zero-order valence-corrected chi connectivity index (χ0v) is 52.5. The summed E-state index contributed by atoms with van der Waals surface area (Å²) in [5.74, 6) is -15.2. The number of aliphatic hydroxyl groups is 11. The number of aliphatic carboxylic acids is 2. The number of amides is 10. The number of nitrogens with two attached hydrogens (primary N) is 1. The lowest BCUT2D eigenvalue weighted by Crippen LogP contribution is -2.69. The molecule has 0 spiro atoms. The SMILES string of the molecule is CC(=O)N[C@H]1[C@@H](O[C@H](C)[C@@H](NC(=O)[C@@H](NC(=O)[C@H](CCC(=O)O)NC(=O)[C@@H](N)[C@@H](C)O)[C@@H](C)O)C(=O)N[C@@H](CO)C(=O)N[C@@H](Cc2cnc[nH]2)C(=O)N[C@@H](CO)C(=O)N[C@H](C(=O)N2CCC[C@H]2C(=O)NCC(=O)O)[C@@H](C)O)O[C@H](CO)[C@H](O)[C@@H]1O[C@@H]1O[C@H](CO)[C@H](O)[C@H](O)[C@H]1O. The number of carbonyl (C=O) groups is 12. The van der Waals surface area contributed by atoms with Crippen LogP contribution >= 0.6 is 0 Å². The molecule has 0 aliphatic carbocycles. The second-order valence-corrected chi connectivity index (χ2v) is 22.9. The van der Waals surface area contributed by atoms with Gasteiger partial charge in [0.15, 0.2) is 12.6 Å². The van der Waals surface area contributed by atoms with Gasteiger partial charge in [-0.1, -0.05) is 0 Å². The molecular weight excluding hydrogens is 1290 g/mol. The highest BCUT2D eigenvalue weighted by Gasteiger charge is 2.53. The van der Waals surface area contributed by atoms with Crippen LogP contribution in [0.3, 0.4) is 0 Å². The van der Waals surface area contributed by atoms with Crippen molar-refractivity contribution < 1.29 is 143 Å². The molecule has 10 amide bonds. The zero-order chi connectivity index (χ0) is 72.2. The fourth-order valence-electron chi connectivity index (χ4n) is 10.1. The lowest BCUT2D eigenvalue weighted by Gasteiger charge is -2.48.